The molecule has 1 N–H and O–H groups in total. The number of nitrogens with zero attached hydrogens (tertiary/aromatic N) is 2. The lowest BCUT2D eigenvalue weighted by molar-refractivity contribution is 0.0534. The summed E-state index contributed by atoms with van der Waals surface area (Å²) < 4.78 is 0. The Kier molecular flexibility index (Phi) is 4.57. The Morgan fingerprint density at radius 3 is 2.57 bits per heavy atom. The van der Waals surface area contributed by atoms with Gasteiger partial charge in [0.2, 0.25) is 0 Å². The second kappa shape index (κ2) is 6.26. The largest absolute Gasteiger partial charge is 0.300 e. The molecule has 2 aliphatic carbocycles. The molecule has 0 aromatic heterocycles. The van der Waals surface area contributed by atoms with E-state index < -0.39 is 0 Å². The summed E-state index contributed by atoms with van der Waals surface area (Å²) in [5, 5.41) is 13.1. The zero-order valence-electron chi connectivity index (χ0n) is 13.8. The summed E-state index contributed by atoms with van der Waals surface area (Å²) in [5.41, 5.74) is -0.343. The third kappa shape index (κ3) is 3.79. The summed E-state index contributed by atoms with van der Waals surface area (Å²) in [4.78, 5) is 2.66. The Morgan fingerprint density at radius 1 is 1.19 bits per heavy atom. The Morgan fingerprint density at radius 2 is 1.90 bits per heavy atom. The summed E-state index contributed by atoms with van der Waals surface area (Å²) in [5.74, 6) is 1.92. The molecule has 118 valence electrons. The van der Waals surface area contributed by atoms with Crippen LogP contribution in [0.3, 0.4) is 0 Å². The minimum Gasteiger partial charge on any atom is -0.300 e. The van der Waals surface area contributed by atoms with Crippen molar-refractivity contribution in [1.29, 1.82) is 5.26 Å². The van der Waals surface area contributed by atoms with Crippen molar-refractivity contribution in [3.63, 3.8) is 0 Å². The quantitative estimate of drug-likeness (QED) is 0.844. The van der Waals surface area contributed by atoms with E-state index in [4.69, 9.17) is 0 Å². The second-order valence-corrected chi connectivity index (χ2v) is 8.00. The predicted octanol–water partition coefficient (Wildman–Crippen LogP) is 3.31. The molecule has 1 saturated heterocycles. The summed E-state index contributed by atoms with van der Waals surface area (Å²) in [7, 11) is 0. The highest BCUT2D eigenvalue weighted by Crippen LogP contribution is 2.37. The highest BCUT2D eigenvalue weighted by atomic mass is 15.2. The highest BCUT2D eigenvalue weighted by Gasteiger charge is 2.37. The molecule has 4 unspecified atom stereocenters. The van der Waals surface area contributed by atoms with E-state index in [0.717, 1.165) is 18.3 Å². The predicted molar refractivity (Wildman–Crippen MR) is 85.9 cm³/mol. The molecule has 0 radical (unpaired) electrons. The van der Waals surface area contributed by atoms with E-state index in [0.29, 0.717) is 12.1 Å². The lowest BCUT2D eigenvalue weighted by Gasteiger charge is -2.44. The highest BCUT2D eigenvalue weighted by molar-refractivity contribution is 5.08. The molecule has 0 spiro atoms. The molecule has 21 heavy (non-hydrogen) atoms. The Labute approximate surface area is 130 Å². The zero-order valence-corrected chi connectivity index (χ0v) is 13.8. The van der Waals surface area contributed by atoms with E-state index in [-0.39, 0.29) is 5.54 Å². The van der Waals surface area contributed by atoms with Crippen molar-refractivity contribution < 1.29 is 0 Å². The average Bonchev–Trinajstić information content (AvgIpc) is 3.30. The van der Waals surface area contributed by atoms with Gasteiger partial charge in [-0.05, 0) is 64.3 Å². The number of hydrogen-bond donors (Lipinski definition) is 1. The van der Waals surface area contributed by atoms with Gasteiger partial charge in [-0.3, -0.25) is 5.32 Å². The van der Waals surface area contributed by atoms with Crippen LogP contribution in [0.5, 0.6) is 0 Å². The first-order chi connectivity index (χ1) is 10.1. The molecule has 0 aromatic carbocycles. The van der Waals surface area contributed by atoms with Gasteiger partial charge < -0.3 is 4.90 Å². The van der Waals surface area contributed by atoms with Crippen molar-refractivity contribution in [2.24, 2.45) is 11.8 Å². The molecule has 0 amide bonds. The van der Waals surface area contributed by atoms with Gasteiger partial charge in [0.15, 0.2) is 0 Å². The van der Waals surface area contributed by atoms with Gasteiger partial charge in [0.05, 0.1) is 6.07 Å². The number of nitriles is 1. The number of hydrogen-bond acceptors (Lipinski definition) is 3. The number of nitrogens with one attached hydrogen (secondary N) is 1. The Balaban J connectivity index is 1.54. The van der Waals surface area contributed by atoms with Crippen molar-refractivity contribution >= 4 is 0 Å². The fourth-order valence-corrected chi connectivity index (χ4v) is 4.56. The van der Waals surface area contributed by atoms with Crippen LogP contribution < -0.4 is 5.32 Å². The van der Waals surface area contributed by atoms with Crippen LogP contribution in [-0.2, 0) is 0 Å². The van der Waals surface area contributed by atoms with Crippen LogP contribution in [0.2, 0.25) is 0 Å². The maximum Gasteiger partial charge on any atom is 0.105 e. The lowest BCUT2D eigenvalue weighted by Crippen LogP contribution is -2.51. The minimum atomic E-state index is -0.343. The van der Waals surface area contributed by atoms with Gasteiger partial charge >= 0.3 is 0 Å². The average molecular weight is 289 g/mol. The maximum atomic E-state index is 9.57. The van der Waals surface area contributed by atoms with Crippen LogP contribution in [-0.4, -0.2) is 35.6 Å². The zero-order chi connectivity index (χ0) is 14.9. The summed E-state index contributed by atoms with van der Waals surface area (Å²) in [6.07, 6.45) is 10.6. The number of rotatable bonds is 5. The molecule has 1 heterocycles. The first kappa shape index (κ1) is 15.3. The van der Waals surface area contributed by atoms with Crippen LogP contribution >= 0.6 is 0 Å². The van der Waals surface area contributed by atoms with Crippen molar-refractivity contribution in [3.05, 3.63) is 0 Å². The van der Waals surface area contributed by atoms with E-state index in [9.17, 15) is 5.26 Å². The van der Waals surface area contributed by atoms with Crippen molar-refractivity contribution in [1.82, 2.24) is 10.2 Å². The normalized spacial score (nSPS) is 34.5. The molecular formula is C18H31N3. The molecule has 3 aliphatic rings. The molecule has 2 saturated carbocycles. The standard InChI is InChI=1S/C18H31N3/c1-14(11-18(2,13-19)20-17-7-8-17)21-10-9-15-5-3-4-6-16(15)12-21/h14-17,20H,3-12H2,1-2H3. The smallest absolute Gasteiger partial charge is 0.105 e. The fraction of sp³-hybridized carbons (Fsp3) is 0.944. The third-order valence-corrected chi connectivity index (χ3v) is 6.00. The van der Waals surface area contributed by atoms with Crippen molar-refractivity contribution in [2.45, 2.75) is 82.8 Å². The molecule has 0 bridgehead atoms. The van der Waals surface area contributed by atoms with Gasteiger partial charge in [0.1, 0.15) is 5.54 Å². The number of piperidine rings is 1. The molecule has 3 rings (SSSR count). The van der Waals surface area contributed by atoms with Gasteiger partial charge in [0.25, 0.3) is 0 Å². The van der Waals surface area contributed by atoms with Gasteiger partial charge in [-0.15, -0.1) is 0 Å². The molecule has 0 aromatic rings. The van der Waals surface area contributed by atoms with Crippen LogP contribution in [0.1, 0.15) is 65.2 Å². The number of likely N-dealkylation sites (tertiary alicyclic amines) is 1. The van der Waals surface area contributed by atoms with E-state index in [1.807, 2.05) is 0 Å². The molecule has 3 heteroatoms. The number of fused-ring (bicyclic) bond motifs is 1. The summed E-state index contributed by atoms with van der Waals surface area (Å²) in [6, 6.07) is 3.66. The first-order valence-corrected chi connectivity index (χ1v) is 9.02. The summed E-state index contributed by atoms with van der Waals surface area (Å²) in [6.45, 7) is 6.94. The van der Waals surface area contributed by atoms with Crippen molar-refractivity contribution in [2.75, 3.05) is 13.1 Å². The second-order valence-electron chi connectivity index (χ2n) is 8.00. The van der Waals surface area contributed by atoms with Gasteiger partial charge in [-0.1, -0.05) is 19.3 Å². The van der Waals surface area contributed by atoms with Crippen LogP contribution in [0.15, 0.2) is 0 Å². The SMILES string of the molecule is CC(CC(C)(C#N)NC1CC1)N1CCC2CCCCC2C1. The van der Waals surface area contributed by atoms with E-state index in [2.05, 4.69) is 30.1 Å². The van der Waals surface area contributed by atoms with Gasteiger partial charge in [0, 0.05) is 18.6 Å². The third-order valence-electron chi connectivity index (χ3n) is 6.00. The van der Waals surface area contributed by atoms with Crippen LogP contribution in [0.25, 0.3) is 0 Å². The van der Waals surface area contributed by atoms with E-state index >= 15 is 0 Å². The van der Waals surface area contributed by atoms with Crippen LogP contribution in [0, 0.1) is 23.2 Å². The fourth-order valence-electron chi connectivity index (χ4n) is 4.56. The first-order valence-electron chi connectivity index (χ1n) is 9.02. The maximum absolute atomic E-state index is 9.57. The Hall–Kier alpha value is -0.590. The molecule has 1 aliphatic heterocycles. The van der Waals surface area contributed by atoms with E-state index in [1.165, 1.54) is 58.0 Å². The molecular weight excluding hydrogens is 258 g/mol. The monoisotopic (exact) mass is 289 g/mol. The molecule has 4 atom stereocenters. The van der Waals surface area contributed by atoms with Gasteiger partial charge in [-0.2, -0.15) is 5.26 Å². The Bertz CT molecular complexity index is 398. The topological polar surface area (TPSA) is 39.1 Å². The van der Waals surface area contributed by atoms with E-state index in [1.54, 1.807) is 0 Å². The van der Waals surface area contributed by atoms with Crippen LogP contribution in [0.4, 0.5) is 0 Å². The lowest BCUT2D eigenvalue weighted by atomic mass is 9.74. The molecule has 3 fully saturated rings. The molecule has 3 nitrogen and oxygen atoms in total. The van der Waals surface area contributed by atoms with Gasteiger partial charge in [-0.25, -0.2) is 0 Å². The van der Waals surface area contributed by atoms with Crippen molar-refractivity contribution in [3.8, 4) is 6.07 Å². The summed E-state index contributed by atoms with van der Waals surface area (Å²) >= 11 is 0. The minimum absolute atomic E-state index is 0.343.